The maximum absolute atomic E-state index is 12.8. The molecule has 0 radical (unpaired) electrons. The van der Waals surface area contributed by atoms with Gasteiger partial charge in [-0.1, -0.05) is 0 Å². The average molecular weight is 411 g/mol. The Bertz CT molecular complexity index is 952. The molecule has 1 aliphatic heterocycles. The number of ether oxygens (including phenoxy) is 1. The lowest BCUT2D eigenvalue weighted by atomic mass is 10.0. The number of rotatable bonds is 4. The predicted molar refractivity (Wildman–Crippen MR) is 97.8 cm³/mol. The first kappa shape index (κ1) is 20.6. The number of amides is 1. The number of piperidine rings is 1. The molecule has 0 saturated carbocycles. The van der Waals surface area contributed by atoms with Crippen molar-refractivity contribution in [3.63, 3.8) is 0 Å². The van der Waals surface area contributed by atoms with E-state index in [-0.39, 0.29) is 34.6 Å². The summed E-state index contributed by atoms with van der Waals surface area (Å²) < 4.78 is 44.8. The first-order valence-corrected chi connectivity index (χ1v) is 8.88. The Balaban J connectivity index is 1.65. The molecule has 29 heavy (non-hydrogen) atoms. The van der Waals surface area contributed by atoms with Crippen molar-refractivity contribution in [2.45, 2.75) is 25.1 Å². The number of hydrogen-bond acceptors (Lipinski definition) is 6. The van der Waals surface area contributed by atoms with Gasteiger partial charge in [0.15, 0.2) is 0 Å². The lowest BCUT2D eigenvalue weighted by Gasteiger charge is -2.33. The minimum Gasteiger partial charge on any atom is -0.496 e. The highest BCUT2D eigenvalue weighted by Gasteiger charge is 2.33. The van der Waals surface area contributed by atoms with Gasteiger partial charge >= 0.3 is 6.18 Å². The minimum absolute atomic E-state index is 0.0943. The smallest absolute Gasteiger partial charge is 0.433 e. The highest BCUT2D eigenvalue weighted by Crippen LogP contribution is 2.28. The fourth-order valence-electron chi connectivity index (χ4n) is 3.14. The van der Waals surface area contributed by atoms with Crippen LogP contribution in [0.4, 0.5) is 19.0 Å². The molecule has 1 aliphatic rings. The van der Waals surface area contributed by atoms with Gasteiger partial charge in [-0.2, -0.15) is 13.2 Å². The van der Waals surface area contributed by atoms with Crippen LogP contribution in [0.2, 0.25) is 0 Å². The van der Waals surface area contributed by atoms with Crippen LogP contribution in [-0.2, 0) is 13.2 Å². The average Bonchev–Trinajstić information content (AvgIpc) is 2.69. The summed E-state index contributed by atoms with van der Waals surface area (Å²) >= 11 is 0. The first-order chi connectivity index (χ1) is 13.7. The molecule has 2 aromatic rings. The zero-order chi connectivity index (χ0) is 21.2. The van der Waals surface area contributed by atoms with Gasteiger partial charge in [-0.05, 0) is 12.8 Å². The molecular formula is C18H20F3N5O3. The fraction of sp³-hybridized carbons (Fsp3) is 0.444. The second-order valence-corrected chi connectivity index (χ2v) is 6.70. The number of hydrogen-bond donors (Lipinski definition) is 1. The number of likely N-dealkylation sites (tertiary alicyclic amines) is 1. The lowest BCUT2D eigenvalue weighted by molar-refractivity contribution is -0.141. The molecule has 1 saturated heterocycles. The van der Waals surface area contributed by atoms with Crippen molar-refractivity contribution in [2.75, 3.05) is 25.5 Å². The molecule has 3 heterocycles. The molecule has 2 aromatic heterocycles. The molecule has 0 aliphatic carbocycles. The maximum atomic E-state index is 12.8. The molecule has 1 amide bonds. The van der Waals surface area contributed by atoms with E-state index in [9.17, 15) is 22.8 Å². The van der Waals surface area contributed by atoms with Gasteiger partial charge in [0.1, 0.15) is 23.6 Å². The summed E-state index contributed by atoms with van der Waals surface area (Å²) in [6, 6.07) is 2.00. The maximum Gasteiger partial charge on any atom is 0.433 e. The van der Waals surface area contributed by atoms with Crippen LogP contribution in [0.25, 0.3) is 0 Å². The summed E-state index contributed by atoms with van der Waals surface area (Å²) in [7, 11) is 2.93. The third-order valence-electron chi connectivity index (χ3n) is 4.73. The molecule has 11 heteroatoms. The quantitative estimate of drug-likeness (QED) is 0.827. The normalized spacial score (nSPS) is 15.3. The number of alkyl halides is 3. The van der Waals surface area contributed by atoms with Gasteiger partial charge in [0.25, 0.3) is 11.5 Å². The van der Waals surface area contributed by atoms with Crippen LogP contribution in [0.5, 0.6) is 5.75 Å². The zero-order valence-electron chi connectivity index (χ0n) is 15.9. The van der Waals surface area contributed by atoms with E-state index in [1.54, 1.807) is 11.9 Å². The topological polar surface area (TPSA) is 89.4 Å². The molecule has 0 bridgehead atoms. The largest absolute Gasteiger partial charge is 0.496 e. The van der Waals surface area contributed by atoms with Gasteiger partial charge in [0.2, 0.25) is 0 Å². The van der Waals surface area contributed by atoms with Crippen LogP contribution >= 0.6 is 0 Å². The molecular weight excluding hydrogens is 391 g/mol. The summed E-state index contributed by atoms with van der Waals surface area (Å²) in [6.45, 7) is 0.805. The first-order valence-electron chi connectivity index (χ1n) is 8.88. The summed E-state index contributed by atoms with van der Waals surface area (Å²) in [6.07, 6.45) is -1.16. The van der Waals surface area contributed by atoms with Gasteiger partial charge < -0.3 is 19.5 Å². The van der Waals surface area contributed by atoms with E-state index in [2.05, 4.69) is 15.3 Å². The van der Waals surface area contributed by atoms with Gasteiger partial charge in [-0.3, -0.25) is 9.59 Å². The zero-order valence-corrected chi connectivity index (χ0v) is 15.9. The molecule has 0 spiro atoms. The van der Waals surface area contributed by atoms with Crippen LogP contribution in [0, 0.1) is 0 Å². The highest BCUT2D eigenvalue weighted by molar-refractivity contribution is 5.96. The Kier molecular flexibility index (Phi) is 5.76. The SMILES string of the molecule is COc1cc(=O)n(C)cc1C(=O)N1CCC(Nc2cc(C(F)(F)F)ncn2)CC1. The Labute approximate surface area is 164 Å². The molecule has 156 valence electrons. The number of carbonyl (C=O) groups is 1. The van der Waals surface area contributed by atoms with Gasteiger partial charge in [-0.15, -0.1) is 0 Å². The monoisotopic (exact) mass is 411 g/mol. The third-order valence-corrected chi connectivity index (χ3v) is 4.73. The Morgan fingerprint density at radius 2 is 1.93 bits per heavy atom. The Morgan fingerprint density at radius 3 is 2.55 bits per heavy atom. The van der Waals surface area contributed by atoms with Crippen molar-refractivity contribution < 1.29 is 22.7 Å². The summed E-state index contributed by atoms with van der Waals surface area (Å²) in [5.74, 6) is 0.0353. The van der Waals surface area contributed by atoms with E-state index >= 15 is 0 Å². The summed E-state index contributed by atoms with van der Waals surface area (Å²) in [5.41, 5.74) is -1.01. The van der Waals surface area contributed by atoms with Crippen LogP contribution in [0.15, 0.2) is 29.5 Å². The van der Waals surface area contributed by atoms with Crippen molar-refractivity contribution in [3.8, 4) is 5.75 Å². The number of aryl methyl sites for hydroxylation is 1. The number of aromatic nitrogens is 3. The molecule has 0 aromatic carbocycles. The molecule has 0 atom stereocenters. The second kappa shape index (κ2) is 8.10. The number of nitrogens with one attached hydrogen (secondary N) is 1. The number of nitrogens with zero attached hydrogens (tertiary/aromatic N) is 4. The van der Waals surface area contributed by atoms with Crippen molar-refractivity contribution in [2.24, 2.45) is 7.05 Å². The summed E-state index contributed by atoms with van der Waals surface area (Å²) in [5, 5.41) is 2.97. The second-order valence-electron chi connectivity index (χ2n) is 6.70. The number of pyridine rings is 1. The number of methoxy groups -OCH3 is 1. The predicted octanol–water partition coefficient (Wildman–Crippen LogP) is 1.92. The third kappa shape index (κ3) is 4.66. The van der Waals surface area contributed by atoms with Gasteiger partial charge in [0.05, 0.1) is 12.7 Å². The van der Waals surface area contributed by atoms with E-state index in [1.165, 1.54) is 23.9 Å². The van der Waals surface area contributed by atoms with Crippen molar-refractivity contribution >= 4 is 11.7 Å². The van der Waals surface area contributed by atoms with E-state index in [0.29, 0.717) is 25.9 Å². The Morgan fingerprint density at radius 1 is 1.24 bits per heavy atom. The van der Waals surface area contributed by atoms with Crippen molar-refractivity contribution in [1.29, 1.82) is 0 Å². The molecule has 8 nitrogen and oxygen atoms in total. The Hall–Kier alpha value is -3.11. The van der Waals surface area contributed by atoms with Crippen LogP contribution in [0.1, 0.15) is 28.9 Å². The standard InChI is InChI=1S/C18H20F3N5O3/c1-25-9-12(13(29-2)7-16(25)27)17(28)26-5-3-11(4-6-26)24-15-8-14(18(19,20)21)22-10-23-15/h7-11H,3-6H2,1-2H3,(H,22,23,24). The fourth-order valence-corrected chi connectivity index (χ4v) is 3.14. The molecule has 1 N–H and O–H groups in total. The molecule has 1 fully saturated rings. The van der Waals surface area contributed by atoms with Crippen LogP contribution in [-0.4, -0.2) is 51.6 Å². The number of halogens is 3. The van der Waals surface area contributed by atoms with E-state index < -0.39 is 11.9 Å². The highest BCUT2D eigenvalue weighted by atomic mass is 19.4. The number of anilines is 1. The van der Waals surface area contributed by atoms with Gasteiger partial charge in [0, 0.05) is 44.5 Å². The lowest BCUT2D eigenvalue weighted by Crippen LogP contribution is -2.43. The van der Waals surface area contributed by atoms with E-state index in [1.807, 2.05) is 0 Å². The minimum atomic E-state index is -4.54. The van der Waals surface area contributed by atoms with Gasteiger partial charge in [-0.25, -0.2) is 9.97 Å². The van der Waals surface area contributed by atoms with E-state index in [0.717, 1.165) is 12.4 Å². The van der Waals surface area contributed by atoms with Crippen molar-refractivity contribution in [1.82, 2.24) is 19.4 Å². The van der Waals surface area contributed by atoms with Crippen molar-refractivity contribution in [3.05, 3.63) is 46.3 Å². The summed E-state index contributed by atoms with van der Waals surface area (Å²) in [4.78, 5) is 33.3. The number of carbonyl (C=O) groups excluding carboxylic acids is 1. The van der Waals surface area contributed by atoms with Crippen LogP contribution in [0.3, 0.4) is 0 Å². The van der Waals surface area contributed by atoms with Crippen LogP contribution < -0.4 is 15.6 Å². The molecule has 3 rings (SSSR count). The van der Waals surface area contributed by atoms with E-state index in [4.69, 9.17) is 4.74 Å². The molecule has 0 unspecified atom stereocenters.